The van der Waals surface area contributed by atoms with Crippen molar-refractivity contribution >= 4 is 29.5 Å². The zero-order chi connectivity index (χ0) is 6.85. The van der Waals surface area contributed by atoms with Crippen LogP contribution >= 0.6 is 24.6 Å². The van der Waals surface area contributed by atoms with Gasteiger partial charge in [-0.3, -0.25) is 0 Å². The third-order valence-corrected chi connectivity index (χ3v) is 1.37. The van der Waals surface area contributed by atoms with Crippen molar-refractivity contribution in [3.8, 4) is 0 Å². The molecule has 0 bridgehead atoms. The molecule has 0 atom stereocenters. The Bertz CT molecular complexity index is 210. The van der Waals surface area contributed by atoms with E-state index in [1.807, 2.05) is 0 Å². The lowest BCUT2D eigenvalue weighted by atomic mass is 10.1. The number of allylic oxidation sites excluding steroid dienone is 3. The topological polar surface area (TPSA) is 26.0 Å². The lowest BCUT2D eigenvalue weighted by molar-refractivity contribution is 0.613. The van der Waals surface area contributed by atoms with Gasteiger partial charge in [0.1, 0.15) is 5.83 Å². The predicted octanol–water partition coefficient (Wildman–Crippen LogP) is 1.88. The normalized spacial score (nSPS) is 17.1. The maximum absolute atomic E-state index is 12.4. The zero-order valence-corrected chi connectivity index (χ0v) is 6.77. The maximum atomic E-state index is 12.4. The zero-order valence-electron chi connectivity index (χ0n) is 5.13. The van der Waals surface area contributed by atoms with Crippen LogP contribution in [0.1, 0.15) is 6.42 Å². The van der Waals surface area contributed by atoms with E-state index >= 15 is 0 Å². The molecule has 0 heterocycles. The first-order chi connectivity index (χ1) is 4.20. The van der Waals surface area contributed by atoms with Crippen LogP contribution in [0.25, 0.3) is 0 Å². The highest BCUT2D eigenvalue weighted by atomic mass is 35.5. The third kappa shape index (κ3) is 2.08. The number of nitrogens with two attached hydrogens (primary N) is 1. The summed E-state index contributed by atoms with van der Waals surface area (Å²) in [7, 11) is 0. The van der Waals surface area contributed by atoms with Crippen molar-refractivity contribution in [1.82, 2.24) is 0 Å². The van der Waals surface area contributed by atoms with Crippen LogP contribution < -0.4 is 5.73 Å². The van der Waals surface area contributed by atoms with Crippen LogP contribution in [0, 0.1) is 0 Å². The Labute approximate surface area is 70.2 Å². The van der Waals surface area contributed by atoms with Crippen molar-refractivity contribution in [2.45, 2.75) is 6.42 Å². The molecule has 0 fully saturated rings. The second kappa shape index (κ2) is 3.68. The van der Waals surface area contributed by atoms with Gasteiger partial charge >= 0.3 is 0 Å². The molecular formula is C6H7ClFNS. The Morgan fingerprint density at radius 1 is 1.50 bits per heavy atom. The van der Waals surface area contributed by atoms with Crippen molar-refractivity contribution in [2.75, 3.05) is 0 Å². The minimum Gasteiger partial charge on any atom is -0.397 e. The Morgan fingerprint density at radius 2 is 2.10 bits per heavy atom. The van der Waals surface area contributed by atoms with Gasteiger partial charge in [0, 0.05) is 11.3 Å². The monoisotopic (exact) mass is 179 g/mol. The first-order valence-electron chi connectivity index (χ1n) is 2.55. The van der Waals surface area contributed by atoms with Crippen LogP contribution in [0.15, 0.2) is 23.7 Å². The standard InChI is InChI=1S/C6H6FNS.ClH/c7-5-3-4(9)1-2-6(5)8;/h1-2H,3,8H2;1H. The van der Waals surface area contributed by atoms with E-state index in [1.165, 1.54) is 6.08 Å². The molecule has 56 valence electrons. The molecule has 2 N–H and O–H groups in total. The molecule has 1 rings (SSSR count). The van der Waals surface area contributed by atoms with Gasteiger partial charge < -0.3 is 5.73 Å². The number of hydrogen-bond donors (Lipinski definition) is 1. The first kappa shape index (κ1) is 9.59. The Kier molecular flexibility index (Phi) is 3.53. The summed E-state index contributed by atoms with van der Waals surface area (Å²) >= 11 is 4.72. The van der Waals surface area contributed by atoms with Crippen molar-refractivity contribution in [3.05, 3.63) is 23.7 Å². The minimum absolute atomic E-state index is 0. The number of rotatable bonds is 0. The van der Waals surface area contributed by atoms with E-state index in [1.54, 1.807) is 6.08 Å². The predicted molar refractivity (Wildman–Crippen MR) is 45.9 cm³/mol. The summed E-state index contributed by atoms with van der Waals surface area (Å²) < 4.78 is 12.4. The van der Waals surface area contributed by atoms with Gasteiger partial charge in [-0.2, -0.15) is 0 Å². The first-order valence-corrected chi connectivity index (χ1v) is 2.96. The summed E-state index contributed by atoms with van der Waals surface area (Å²) in [5.74, 6) is -0.317. The average molecular weight is 180 g/mol. The van der Waals surface area contributed by atoms with E-state index in [2.05, 4.69) is 0 Å². The third-order valence-electron chi connectivity index (χ3n) is 1.09. The Morgan fingerprint density at radius 3 is 2.50 bits per heavy atom. The molecule has 4 heteroatoms. The van der Waals surface area contributed by atoms with Gasteiger partial charge in [-0.25, -0.2) is 4.39 Å². The molecule has 0 saturated carbocycles. The van der Waals surface area contributed by atoms with Crippen molar-refractivity contribution < 1.29 is 4.39 Å². The molecule has 0 saturated heterocycles. The molecule has 10 heavy (non-hydrogen) atoms. The molecular weight excluding hydrogens is 173 g/mol. The highest BCUT2D eigenvalue weighted by Gasteiger charge is 2.06. The summed E-state index contributed by atoms with van der Waals surface area (Å²) in [6.45, 7) is 0. The summed E-state index contributed by atoms with van der Waals surface area (Å²) in [6, 6.07) is 0. The lowest BCUT2D eigenvalue weighted by Crippen LogP contribution is -2.05. The van der Waals surface area contributed by atoms with Crippen molar-refractivity contribution in [3.63, 3.8) is 0 Å². The molecule has 1 nitrogen and oxygen atoms in total. The second-order valence-corrected chi connectivity index (χ2v) is 2.36. The van der Waals surface area contributed by atoms with Gasteiger partial charge in [0.15, 0.2) is 0 Å². The summed E-state index contributed by atoms with van der Waals surface area (Å²) in [4.78, 5) is 0.599. The minimum atomic E-state index is -0.317. The van der Waals surface area contributed by atoms with Crippen LogP contribution in [0.5, 0.6) is 0 Å². The summed E-state index contributed by atoms with van der Waals surface area (Å²) in [6.07, 6.45) is 3.33. The molecule has 1 aliphatic carbocycles. The highest BCUT2D eigenvalue weighted by Crippen LogP contribution is 2.14. The van der Waals surface area contributed by atoms with Crippen LogP contribution in [0.2, 0.25) is 0 Å². The van der Waals surface area contributed by atoms with E-state index < -0.39 is 0 Å². The fraction of sp³-hybridized carbons (Fsp3) is 0.167. The van der Waals surface area contributed by atoms with E-state index in [4.69, 9.17) is 18.0 Å². The SMILES string of the molecule is Cl.NC1=C(F)CC(=S)C=C1. The number of thiocarbonyl (C=S) groups is 1. The maximum Gasteiger partial charge on any atom is 0.128 e. The van der Waals surface area contributed by atoms with Gasteiger partial charge in [0.2, 0.25) is 0 Å². The number of hydrogen-bond acceptors (Lipinski definition) is 2. The van der Waals surface area contributed by atoms with Gasteiger partial charge in [-0.1, -0.05) is 12.2 Å². The molecule has 0 radical (unpaired) electrons. The number of halogens is 2. The molecule has 0 spiro atoms. The largest absolute Gasteiger partial charge is 0.397 e. The van der Waals surface area contributed by atoms with Gasteiger partial charge in [0.05, 0.1) is 5.70 Å². The van der Waals surface area contributed by atoms with E-state index in [0.717, 1.165) is 0 Å². The average Bonchev–Trinajstić information content (AvgIpc) is 1.80. The Hall–Kier alpha value is -0.410. The molecule has 0 amide bonds. The fourth-order valence-electron chi connectivity index (χ4n) is 0.587. The highest BCUT2D eigenvalue weighted by molar-refractivity contribution is 7.80. The molecule has 0 aromatic carbocycles. The summed E-state index contributed by atoms with van der Waals surface area (Å²) in [5, 5.41) is 0. The summed E-state index contributed by atoms with van der Waals surface area (Å²) in [5.41, 5.74) is 5.40. The second-order valence-electron chi connectivity index (χ2n) is 1.84. The van der Waals surface area contributed by atoms with E-state index in [-0.39, 0.29) is 30.4 Å². The molecule has 0 aliphatic heterocycles. The van der Waals surface area contributed by atoms with Crippen LogP contribution in [-0.2, 0) is 0 Å². The van der Waals surface area contributed by atoms with E-state index in [0.29, 0.717) is 4.86 Å². The van der Waals surface area contributed by atoms with Gasteiger partial charge in [0.25, 0.3) is 0 Å². The van der Waals surface area contributed by atoms with Crippen LogP contribution in [0.4, 0.5) is 4.39 Å². The Balaban J connectivity index is 0.000000810. The molecule has 1 aliphatic rings. The quantitative estimate of drug-likeness (QED) is 0.575. The molecule has 0 aromatic heterocycles. The lowest BCUT2D eigenvalue weighted by Gasteiger charge is -2.03. The fourth-order valence-corrected chi connectivity index (χ4v) is 0.782. The van der Waals surface area contributed by atoms with Crippen LogP contribution in [0.3, 0.4) is 0 Å². The molecule has 0 aromatic rings. The van der Waals surface area contributed by atoms with Crippen LogP contribution in [-0.4, -0.2) is 4.86 Å². The van der Waals surface area contributed by atoms with Gasteiger partial charge in [-0.05, 0) is 12.2 Å². The van der Waals surface area contributed by atoms with E-state index in [9.17, 15) is 4.39 Å². The van der Waals surface area contributed by atoms with Gasteiger partial charge in [-0.15, -0.1) is 12.4 Å². The van der Waals surface area contributed by atoms with Crippen molar-refractivity contribution in [1.29, 1.82) is 0 Å². The smallest absolute Gasteiger partial charge is 0.128 e. The van der Waals surface area contributed by atoms with Crippen molar-refractivity contribution in [2.24, 2.45) is 5.73 Å². The molecule has 0 unspecified atom stereocenters.